The fraction of sp³-hybridized carbons (Fsp3) is 0.222. The van der Waals surface area contributed by atoms with E-state index in [1.165, 1.54) is 0 Å². The van der Waals surface area contributed by atoms with Crippen LogP contribution in [0.15, 0.2) is 48.5 Å². The first-order valence-corrected chi connectivity index (χ1v) is 8.02. The van der Waals surface area contributed by atoms with Crippen molar-refractivity contribution in [2.24, 2.45) is 0 Å². The number of hydrogen-bond donors (Lipinski definition) is 2. The standard InChI is InChI=1S/C18H20ClN3O3/c1-22(11-17(23)20-14-5-3-13(19)4-6-14)12-18(24)21-15-7-9-16(25-2)10-8-15/h3-10H,11-12H2,1-2H3,(H,20,23)(H,21,24). The molecule has 0 fully saturated rings. The molecule has 2 amide bonds. The summed E-state index contributed by atoms with van der Waals surface area (Å²) in [6.45, 7) is 0.193. The highest BCUT2D eigenvalue weighted by Gasteiger charge is 2.11. The Hall–Kier alpha value is -2.57. The zero-order valence-corrected chi connectivity index (χ0v) is 14.8. The van der Waals surface area contributed by atoms with Crippen molar-refractivity contribution < 1.29 is 14.3 Å². The summed E-state index contributed by atoms with van der Waals surface area (Å²) >= 11 is 5.80. The van der Waals surface area contributed by atoms with Gasteiger partial charge in [-0.1, -0.05) is 11.6 Å². The number of methoxy groups -OCH3 is 1. The Kier molecular flexibility index (Phi) is 6.80. The lowest BCUT2D eigenvalue weighted by Crippen LogP contribution is -2.36. The molecule has 2 N–H and O–H groups in total. The first-order valence-electron chi connectivity index (χ1n) is 7.64. The molecule has 0 bridgehead atoms. The maximum Gasteiger partial charge on any atom is 0.238 e. The van der Waals surface area contributed by atoms with Crippen LogP contribution in [0.25, 0.3) is 0 Å². The normalized spacial score (nSPS) is 10.4. The third-order valence-corrected chi connectivity index (χ3v) is 3.58. The van der Waals surface area contributed by atoms with Crippen molar-refractivity contribution in [3.05, 3.63) is 53.6 Å². The summed E-state index contributed by atoms with van der Waals surface area (Å²) in [6, 6.07) is 13.9. The van der Waals surface area contributed by atoms with Crippen molar-refractivity contribution in [1.82, 2.24) is 4.90 Å². The molecule has 7 heteroatoms. The largest absolute Gasteiger partial charge is 0.497 e. The van der Waals surface area contributed by atoms with Crippen molar-refractivity contribution in [2.45, 2.75) is 0 Å². The van der Waals surface area contributed by atoms with Gasteiger partial charge < -0.3 is 15.4 Å². The molecule has 0 heterocycles. The van der Waals surface area contributed by atoms with Crippen molar-refractivity contribution in [2.75, 3.05) is 37.9 Å². The average molecular weight is 362 g/mol. The van der Waals surface area contributed by atoms with E-state index in [1.807, 2.05) is 0 Å². The van der Waals surface area contributed by atoms with Gasteiger partial charge in [0.15, 0.2) is 0 Å². The van der Waals surface area contributed by atoms with E-state index in [2.05, 4.69) is 10.6 Å². The molecule has 0 saturated carbocycles. The van der Waals surface area contributed by atoms with Crippen molar-refractivity contribution in [3.63, 3.8) is 0 Å². The molecule has 0 atom stereocenters. The Bertz CT molecular complexity index is 717. The van der Waals surface area contributed by atoms with E-state index in [-0.39, 0.29) is 24.9 Å². The van der Waals surface area contributed by atoms with E-state index in [0.29, 0.717) is 22.1 Å². The molecule has 0 spiro atoms. The number of carbonyl (C=O) groups is 2. The minimum Gasteiger partial charge on any atom is -0.497 e. The molecular formula is C18H20ClN3O3. The van der Waals surface area contributed by atoms with Crippen LogP contribution in [0, 0.1) is 0 Å². The summed E-state index contributed by atoms with van der Waals surface area (Å²) in [4.78, 5) is 25.6. The van der Waals surface area contributed by atoms with Gasteiger partial charge in [-0.15, -0.1) is 0 Å². The fourth-order valence-corrected chi connectivity index (χ4v) is 2.28. The molecule has 6 nitrogen and oxygen atoms in total. The average Bonchev–Trinajstić information content (AvgIpc) is 2.57. The number of hydrogen-bond acceptors (Lipinski definition) is 4. The molecule has 2 rings (SSSR count). The monoisotopic (exact) mass is 361 g/mol. The van der Waals surface area contributed by atoms with Gasteiger partial charge in [0.25, 0.3) is 0 Å². The Labute approximate surface area is 151 Å². The zero-order valence-electron chi connectivity index (χ0n) is 14.1. The fourth-order valence-electron chi connectivity index (χ4n) is 2.15. The van der Waals surface area contributed by atoms with Crippen LogP contribution < -0.4 is 15.4 Å². The molecule has 0 aliphatic rings. The van der Waals surface area contributed by atoms with Gasteiger partial charge in [0.05, 0.1) is 20.2 Å². The van der Waals surface area contributed by atoms with Gasteiger partial charge in [-0.25, -0.2) is 0 Å². The molecule has 0 aromatic heterocycles. The number of anilines is 2. The van der Waals surface area contributed by atoms with Gasteiger partial charge in [0, 0.05) is 16.4 Å². The van der Waals surface area contributed by atoms with E-state index in [4.69, 9.17) is 16.3 Å². The van der Waals surface area contributed by atoms with Gasteiger partial charge in [-0.3, -0.25) is 14.5 Å². The van der Waals surface area contributed by atoms with Gasteiger partial charge in [0.2, 0.25) is 11.8 Å². The van der Waals surface area contributed by atoms with Gasteiger partial charge in [-0.2, -0.15) is 0 Å². The van der Waals surface area contributed by atoms with Crippen LogP contribution in [-0.2, 0) is 9.59 Å². The highest BCUT2D eigenvalue weighted by molar-refractivity contribution is 6.30. The SMILES string of the molecule is COc1ccc(NC(=O)CN(C)CC(=O)Nc2ccc(Cl)cc2)cc1. The third-order valence-electron chi connectivity index (χ3n) is 3.33. The number of nitrogens with zero attached hydrogens (tertiary/aromatic N) is 1. The Balaban J connectivity index is 1.77. The van der Waals surface area contributed by atoms with Crippen molar-refractivity contribution >= 4 is 34.8 Å². The third kappa shape index (κ3) is 6.45. The second-order valence-electron chi connectivity index (χ2n) is 5.50. The molecule has 2 aromatic rings. The lowest BCUT2D eigenvalue weighted by molar-refractivity contribution is -0.119. The first kappa shape index (κ1) is 18.8. The van der Waals surface area contributed by atoms with E-state index in [1.54, 1.807) is 67.6 Å². The molecular weight excluding hydrogens is 342 g/mol. The summed E-state index contributed by atoms with van der Waals surface area (Å²) in [6.07, 6.45) is 0. The van der Waals surface area contributed by atoms with Crippen LogP contribution in [0.3, 0.4) is 0 Å². The number of ether oxygens (including phenoxy) is 1. The highest BCUT2D eigenvalue weighted by atomic mass is 35.5. The maximum atomic E-state index is 12.0. The molecule has 0 aliphatic heterocycles. The summed E-state index contributed by atoms with van der Waals surface area (Å²) in [5.41, 5.74) is 1.33. The Morgan fingerprint density at radius 3 is 1.80 bits per heavy atom. The lowest BCUT2D eigenvalue weighted by atomic mass is 10.3. The van der Waals surface area contributed by atoms with Crippen molar-refractivity contribution in [3.8, 4) is 5.75 Å². The van der Waals surface area contributed by atoms with Crippen LogP contribution >= 0.6 is 11.6 Å². The summed E-state index contributed by atoms with van der Waals surface area (Å²) < 4.78 is 5.07. The number of likely N-dealkylation sites (N-methyl/N-ethyl adjacent to an activating group) is 1. The van der Waals surface area contributed by atoms with Gasteiger partial charge in [-0.05, 0) is 55.6 Å². The number of rotatable bonds is 7. The zero-order chi connectivity index (χ0) is 18.2. The van der Waals surface area contributed by atoms with E-state index < -0.39 is 0 Å². The summed E-state index contributed by atoms with van der Waals surface area (Å²) in [5, 5.41) is 6.12. The molecule has 2 aromatic carbocycles. The van der Waals surface area contributed by atoms with Crippen LogP contribution in [0.1, 0.15) is 0 Å². The topological polar surface area (TPSA) is 70.7 Å². The minimum atomic E-state index is -0.206. The molecule has 132 valence electrons. The second kappa shape index (κ2) is 9.05. The van der Waals surface area contributed by atoms with Crippen LogP contribution in [-0.4, -0.2) is 44.0 Å². The number of amides is 2. The molecule has 0 radical (unpaired) electrons. The van der Waals surface area contributed by atoms with Crippen LogP contribution in [0.2, 0.25) is 5.02 Å². The number of carbonyl (C=O) groups excluding carboxylic acids is 2. The molecule has 0 aliphatic carbocycles. The molecule has 0 unspecified atom stereocenters. The first-order chi connectivity index (χ1) is 12.0. The van der Waals surface area contributed by atoms with Gasteiger partial charge in [0.1, 0.15) is 5.75 Å². The molecule has 0 saturated heterocycles. The predicted octanol–water partition coefficient (Wildman–Crippen LogP) is 2.86. The lowest BCUT2D eigenvalue weighted by Gasteiger charge is -2.16. The molecule has 25 heavy (non-hydrogen) atoms. The quantitative estimate of drug-likeness (QED) is 0.795. The highest BCUT2D eigenvalue weighted by Crippen LogP contribution is 2.15. The number of nitrogens with one attached hydrogen (secondary N) is 2. The van der Waals surface area contributed by atoms with E-state index in [0.717, 1.165) is 0 Å². The number of benzene rings is 2. The smallest absolute Gasteiger partial charge is 0.238 e. The minimum absolute atomic E-state index is 0.0959. The van der Waals surface area contributed by atoms with Crippen molar-refractivity contribution in [1.29, 1.82) is 0 Å². The summed E-state index contributed by atoms with van der Waals surface area (Å²) in [5.74, 6) is 0.308. The number of halogens is 1. The Morgan fingerprint density at radius 1 is 0.920 bits per heavy atom. The van der Waals surface area contributed by atoms with Gasteiger partial charge >= 0.3 is 0 Å². The van der Waals surface area contributed by atoms with E-state index in [9.17, 15) is 9.59 Å². The van der Waals surface area contributed by atoms with E-state index >= 15 is 0 Å². The second-order valence-corrected chi connectivity index (χ2v) is 5.94. The predicted molar refractivity (Wildman–Crippen MR) is 99.2 cm³/mol. The Morgan fingerprint density at radius 2 is 1.36 bits per heavy atom. The van der Waals surface area contributed by atoms with Crippen LogP contribution in [0.5, 0.6) is 5.75 Å². The maximum absolute atomic E-state index is 12.0. The summed E-state index contributed by atoms with van der Waals surface area (Å²) in [7, 11) is 3.28. The van der Waals surface area contributed by atoms with Crippen LogP contribution in [0.4, 0.5) is 11.4 Å².